The summed E-state index contributed by atoms with van der Waals surface area (Å²) in [5, 5.41) is 13.9. The number of fused-ring (bicyclic) bond motifs is 1. The maximum Gasteiger partial charge on any atom is 0.251 e. The molecule has 0 spiro atoms. The number of aryl methyl sites for hydroxylation is 2. The van der Waals surface area contributed by atoms with Crippen molar-refractivity contribution in [1.29, 1.82) is 0 Å². The molecule has 0 aliphatic heterocycles. The molecule has 0 radical (unpaired) electrons. The second kappa shape index (κ2) is 5.65. The summed E-state index contributed by atoms with van der Waals surface area (Å²) in [4.78, 5) is 12.2. The van der Waals surface area contributed by atoms with E-state index in [9.17, 15) is 4.79 Å². The number of carbonyl (C=O) groups excluding carboxylic acids is 1. The summed E-state index contributed by atoms with van der Waals surface area (Å²) in [6.07, 6.45) is 2.86. The van der Waals surface area contributed by atoms with Gasteiger partial charge in [0.1, 0.15) is 10.0 Å². The lowest BCUT2D eigenvalue weighted by Crippen LogP contribution is -2.22. The van der Waals surface area contributed by atoms with Crippen LogP contribution < -0.4 is 5.32 Å². The third kappa shape index (κ3) is 2.80. The van der Waals surface area contributed by atoms with Crippen LogP contribution in [0, 0.1) is 0 Å². The molecule has 108 valence electrons. The zero-order chi connectivity index (χ0) is 14.8. The molecule has 2 heterocycles. The summed E-state index contributed by atoms with van der Waals surface area (Å²) < 4.78 is 2.00. The van der Waals surface area contributed by atoms with Gasteiger partial charge in [0.2, 0.25) is 0 Å². The van der Waals surface area contributed by atoms with Gasteiger partial charge < -0.3 is 9.88 Å². The minimum Gasteiger partial charge on any atom is -0.351 e. The van der Waals surface area contributed by atoms with E-state index in [4.69, 9.17) is 0 Å². The second-order valence-corrected chi connectivity index (χ2v) is 5.97. The number of rotatable bonds is 4. The lowest BCUT2D eigenvalue weighted by atomic mass is 10.1. The Kier molecular flexibility index (Phi) is 3.70. The predicted octanol–water partition coefficient (Wildman–Crippen LogP) is 2.52. The predicted molar refractivity (Wildman–Crippen MR) is 83.4 cm³/mol. The molecule has 3 rings (SSSR count). The van der Waals surface area contributed by atoms with Crippen molar-refractivity contribution in [3.63, 3.8) is 0 Å². The van der Waals surface area contributed by atoms with Gasteiger partial charge in [-0.15, -0.1) is 10.2 Å². The molecular formula is C15H16N4OS. The Balaban J connectivity index is 1.72. The largest absolute Gasteiger partial charge is 0.351 e. The van der Waals surface area contributed by atoms with Gasteiger partial charge in [0, 0.05) is 24.3 Å². The van der Waals surface area contributed by atoms with E-state index >= 15 is 0 Å². The van der Waals surface area contributed by atoms with Crippen LogP contribution in [0.4, 0.5) is 0 Å². The first-order valence-corrected chi connectivity index (χ1v) is 7.63. The summed E-state index contributed by atoms with van der Waals surface area (Å²) in [6, 6.07) is 7.74. The lowest BCUT2D eigenvalue weighted by Gasteiger charge is -2.04. The van der Waals surface area contributed by atoms with Gasteiger partial charge in [-0.3, -0.25) is 4.79 Å². The molecule has 0 fully saturated rings. The topological polar surface area (TPSA) is 59.8 Å². The number of amides is 1. The van der Waals surface area contributed by atoms with Crippen LogP contribution in [0.1, 0.15) is 27.3 Å². The molecule has 2 aromatic heterocycles. The quantitative estimate of drug-likeness (QED) is 0.805. The standard InChI is InChI=1S/C15H16N4OS/c1-3-13-17-18-14(21-13)9-16-15(20)11-5-4-10-6-7-19(2)12(10)8-11/h4-8H,3,9H2,1-2H3,(H,16,20). The maximum absolute atomic E-state index is 12.2. The van der Waals surface area contributed by atoms with Gasteiger partial charge in [-0.1, -0.05) is 24.3 Å². The average Bonchev–Trinajstić information content (AvgIpc) is 3.11. The summed E-state index contributed by atoms with van der Waals surface area (Å²) >= 11 is 1.54. The fraction of sp³-hybridized carbons (Fsp3) is 0.267. The van der Waals surface area contributed by atoms with Gasteiger partial charge >= 0.3 is 0 Å². The highest BCUT2D eigenvalue weighted by atomic mass is 32.1. The molecule has 5 nitrogen and oxygen atoms in total. The van der Waals surface area contributed by atoms with Crippen molar-refractivity contribution in [3.8, 4) is 0 Å². The fourth-order valence-electron chi connectivity index (χ4n) is 2.16. The van der Waals surface area contributed by atoms with E-state index in [1.54, 1.807) is 0 Å². The van der Waals surface area contributed by atoms with E-state index in [2.05, 4.69) is 15.5 Å². The first kappa shape index (κ1) is 13.8. The Morgan fingerprint density at radius 2 is 2.10 bits per heavy atom. The Bertz CT molecular complexity index is 790. The molecule has 1 aromatic carbocycles. The Hall–Kier alpha value is -2.21. The van der Waals surface area contributed by atoms with E-state index in [-0.39, 0.29) is 5.91 Å². The normalized spacial score (nSPS) is 11.0. The molecule has 0 saturated heterocycles. The minimum atomic E-state index is -0.0913. The highest BCUT2D eigenvalue weighted by Crippen LogP contribution is 2.17. The minimum absolute atomic E-state index is 0.0913. The van der Waals surface area contributed by atoms with Gasteiger partial charge in [0.25, 0.3) is 5.91 Å². The second-order valence-electron chi connectivity index (χ2n) is 4.83. The van der Waals surface area contributed by atoms with Crippen molar-refractivity contribution in [3.05, 3.63) is 46.0 Å². The summed E-state index contributed by atoms with van der Waals surface area (Å²) in [6.45, 7) is 2.46. The zero-order valence-corrected chi connectivity index (χ0v) is 12.8. The molecule has 0 saturated carbocycles. The monoisotopic (exact) mass is 300 g/mol. The highest BCUT2D eigenvalue weighted by Gasteiger charge is 2.09. The van der Waals surface area contributed by atoms with Crippen molar-refractivity contribution in [1.82, 2.24) is 20.1 Å². The number of carbonyl (C=O) groups is 1. The molecule has 1 amide bonds. The van der Waals surface area contributed by atoms with Crippen molar-refractivity contribution in [2.45, 2.75) is 19.9 Å². The first-order chi connectivity index (χ1) is 10.2. The molecule has 1 N–H and O–H groups in total. The molecule has 21 heavy (non-hydrogen) atoms. The third-order valence-corrected chi connectivity index (χ3v) is 4.43. The Labute approximate surface area is 126 Å². The molecule has 0 aliphatic carbocycles. The molecule has 3 aromatic rings. The lowest BCUT2D eigenvalue weighted by molar-refractivity contribution is 0.0951. The van der Waals surface area contributed by atoms with Crippen molar-refractivity contribution in [2.24, 2.45) is 7.05 Å². The van der Waals surface area contributed by atoms with Crippen LogP contribution in [-0.4, -0.2) is 20.7 Å². The van der Waals surface area contributed by atoms with Crippen molar-refractivity contribution < 1.29 is 4.79 Å². The summed E-state index contributed by atoms with van der Waals surface area (Å²) in [5.74, 6) is -0.0913. The molecule has 6 heteroatoms. The van der Waals surface area contributed by atoms with Gasteiger partial charge in [0.05, 0.1) is 6.54 Å². The summed E-state index contributed by atoms with van der Waals surface area (Å²) in [7, 11) is 1.97. The van der Waals surface area contributed by atoms with Gasteiger partial charge in [0.15, 0.2) is 0 Å². The number of hydrogen-bond acceptors (Lipinski definition) is 4. The van der Waals surface area contributed by atoms with Crippen LogP contribution in [-0.2, 0) is 20.0 Å². The Morgan fingerprint density at radius 3 is 2.86 bits per heavy atom. The van der Waals surface area contributed by atoms with Crippen LogP contribution in [0.15, 0.2) is 30.5 Å². The number of nitrogens with zero attached hydrogens (tertiary/aromatic N) is 3. The van der Waals surface area contributed by atoms with Crippen LogP contribution >= 0.6 is 11.3 Å². The SMILES string of the molecule is CCc1nnc(CNC(=O)c2ccc3ccn(C)c3c2)s1. The van der Waals surface area contributed by atoms with E-state index < -0.39 is 0 Å². The average molecular weight is 300 g/mol. The maximum atomic E-state index is 12.2. The van der Waals surface area contributed by atoms with Crippen LogP contribution in [0.25, 0.3) is 10.9 Å². The number of nitrogens with one attached hydrogen (secondary N) is 1. The van der Waals surface area contributed by atoms with Gasteiger partial charge in [-0.05, 0) is 30.0 Å². The molecule has 0 bridgehead atoms. The number of aromatic nitrogens is 3. The van der Waals surface area contributed by atoms with Crippen molar-refractivity contribution >= 4 is 28.1 Å². The van der Waals surface area contributed by atoms with Gasteiger partial charge in [-0.25, -0.2) is 0 Å². The van der Waals surface area contributed by atoms with Crippen LogP contribution in [0.5, 0.6) is 0 Å². The number of benzene rings is 1. The van der Waals surface area contributed by atoms with E-state index in [0.29, 0.717) is 12.1 Å². The van der Waals surface area contributed by atoms with Gasteiger partial charge in [-0.2, -0.15) is 0 Å². The molecule has 0 unspecified atom stereocenters. The van der Waals surface area contributed by atoms with Crippen LogP contribution in [0.3, 0.4) is 0 Å². The number of hydrogen-bond donors (Lipinski definition) is 1. The first-order valence-electron chi connectivity index (χ1n) is 6.82. The van der Waals surface area contributed by atoms with Crippen LogP contribution in [0.2, 0.25) is 0 Å². The smallest absolute Gasteiger partial charge is 0.251 e. The fourth-order valence-corrected chi connectivity index (χ4v) is 2.89. The van der Waals surface area contributed by atoms with E-state index in [0.717, 1.165) is 27.3 Å². The zero-order valence-electron chi connectivity index (χ0n) is 12.0. The molecule has 0 atom stereocenters. The highest BCUT2D eigenvalue weighted by molar-refractivity contribution is 7.11. The summed E-state index contributed by atoms with van der Waals surface area (Å²) in [5.41, 5.74) is 1.70. The molecular weight excluding hydrogens is 284 g/mol. The third-order valence-electron chi connectivity index (χ3n) is 3.36. The Morgan fingerprint density at radius 1 is 1.29 bits per heavy atom. The van der Waals surface area contributed by atoms with Crippen molar-refractivity contribution in [2.75, 3.05) is 0 Å². The molecule has 0 aliphatic rings. The van der Waals surface area contributed by atoms with E-state index in [1.807, 2.05) is 49.0 Å². The van der Waals surface area contributed by atoms with E-state index in [1.165, 1.54) is 11.3 Å².